The number of benzene rings is 1. The molecule has 2 unspecified atom stereocenters. The van der Waals surface area contributed by atoms with Crippen molar-refractivity contribution >= 4 is 17.8 Å². The van der Waals surface area contributed by atoms with E-state index in [0.29, 0.717) is 12.0 Å². The number of hydrogen-bond acceptors (Lipinski definition) is 4. The summed E-state index contributed by atoms with van der Waals surface area (Å²) in [7, 11) is 1.28. The lowest BCUT2D eigenvalue weighted by molar-refractivity contribution is -0.145. The lowest BCUT2D eigenvalue weighted by atomic mass is 10.0. The first-order chi connectivity index (χ1) is 10.8. The van der Waals surface area contributed by atoms with Gasteiger partial charge in [0.05, 0.1) is 7.11 Å². The first-order valence-electron chi connectivity index (χ1n) is 7.59. The third-order valence-electron chi connectivity index (χ3n) is 3.29. The summed E-state index contributed by atoms with van der Waals surface area (Å²) in [4.78, 5) is 35.9. The molecule has 1 aromatic carbocycles. The molecule has 0 spiro atoms. The van der Waals surface area contributed by atoms with Crippen molar-refractivity contribution in [1.29, 1.82) is 0 Å². The molecule has 0 fully saturated rings. The van der Waals surface area contributed by atoms with Gasteiger partial charge in [0.2, 0.25) is 5.91 Å². The summed E-state index contributed by atoms with van der Waals surface area (Å²) < 4.78 is 4.70. The van der Waals surface area contributed by atoms with Crippen molar-refractivity contribution in [3.8, 4) is 0 Å². The molecular formula is C17H24N2O4. The predicted molar refractivity (Wildman–Crippen MR) is 86.8 cm³/mol. The van der Waals surface area contributed by atoms with Crippen molar-refractivity contribution < 1.29 is 19.1 Å². The van der Waals surface area contributed by atoms with Gasteiger partial charge in [-0.2, -0.15) is 0 Å². The molecule has 6 heteroatoms. The molecular weight excluding hydrogens is 296 g/mol. The number of rotatable bonds is 7. The lowest BCUT2D eigenvalue weighted by Gasteiger charge is -2.21. The Hall–Kier alpha value is -2.37. The Kier molecular flexibility index (Phi) is 7.25. The van der Waals surface area contributed by atoms with Gasteiger partial charge in [-0.1, -0.05) is 32.0 Å². The molecule has 0 heterocycles. The highest BCUT2D eigenvalue weighted by atomic mass is 16.5. The van der Waals surface area contributed by atoms with E-state index < -0.39 is 24.0 Å². The van der Waals surface area contributed by atoms with Crippen LogP contribution < -0.4 is 10.6 Å². The fourth-order valence-electron chi connectivity index (χ4n) is 2.06. The number of nitrogens with one attached hydrogen (secondary N) is 2. The summed E-state index contributed by atoms with van der Waals surface area (Å²) in [5.74, 6) is -1.04. The van der Waals surface area contributed by atoms with Gasteiger partial charge in [0, 0.05) is 5.56 Å². The Morgan fingerprint density at radius 2 is 1.65 bits per heavy atom. The van der Waals surface area contributed by atoms with Gasteiger partial charge in [0.1, 0.15) is 12.1 Å². The molecule has 0 aliphatic heterocycles. The van der Waals surface area contributed by atoms with Crippen LogP contribution in [0.4, 0.5) is 0 Å². The summed E-state index contributed by atoms with van der Waals surface area (Å²) in [5, 5.41) is 5.24. The van der Waals surface area contributed by atoms with Gasteiger partial charge in [-0.15, -0.1) is 0 Å². The van der Waals surface area contributed by atoms with Gasteiger partial charge in [-0.3, -0.25) is 9.59 Å². The largest absolute Gasteiger partial charge is 0.467 e. The molecule has 6 nitrogen and oxygen atoms in total. The number of carbonyl (C=O) groups is 3. The average molecular weight is 320 g/mol. The van der Waals surface area contributed by atoms with Crippen LogP contribution in [0.5, 0.6) is 0 Å². The third-order valence-corrected chi connectivity index (χ3v) is 3.29. The molecule has 0 saturated carbocycles. The summed E-state index contributed by atoms with van der Waals surface area (Å²) in [6.07, 6.45) is 0.470. The second-order valence-electron chi connectivity index (χ2n) is 5.78. The highest BCUT2D eigenvalue weighted by molar-refractivity contribution is 5.97. The van der Waals surface area contributed by atoms with Gasteiger partial charge in [-0.25, -0.2) is 4.79 Å². The van der Waals surface area contributed by atoms with Crippen LogP contribution in [0.25, 0.3) is 0 Å². The van der Waals surface area contributed by atoms with Crippen LogP contribution >= 0.6 is 0 Å². The van der Waals surface area contributed by atoms with E-state index >= 15 is 0 Å². The summed E-state index contributed by atoms with van der Waals surface area (Å²) >= 11 is 0. The second kappa shape index (κ2) is 8.92. The van der Waals surface area contributed by atoms with Crippen LogP contribution in [0.2, 0.25) is 0 Å². The number of ether oxygens (including phenoxy) is 1. The molecule has 0 bridgehead atoms. The van der Waals surface area contributed by atoms with Crippen molar-refractivity contribution in [1.82, 2.24) is 10.6 Å². The first kappa shape index (κ1) is 18.7. The quantitative estimate of drug-likeness (QED) is 0.746. The third kappa shape index (κ3) is 6.10. The number of carbonyl (C=O) groups excluding carboxylic acids is 3. The van der Waals surface area contributed by atoms with Crippen LogP contribution in [-0.2, 0) is 14.3 Å². The van der Waals surface area contributed by atoms with Crippen LogP contribution in [0.15, 0.2) is 30.3 Å². The monoisotopic (exact) mass is 320 g/mol. The standard InChI is InChI=1S/C17H24N2O4/c1-11(2)10-14(17(22)23-4)19-15(20)12(3)18-16(21)13-8-6-5-7-9-13/h5-9,11-12,14H,10H2,1-4H3,(H,18,21)(H,19,20). The zero-order valence-electron chi connectivity index (χ0n) is 14.0. The summed E-state index contributed by atoms with van der Waals surface area (Å²) in [6.45, 7) is 5.46. The maximum absolute atomic E-state index is 12.2. The highest BCUT2D eigenvalue weighted by Crippen LogP contribution is 2.07. The normalized spacial score (nSPS) is 13.1. The summed E-state index contributed by atoms with van der Waals surface area (Å²) in [6, 6.07) is 7.14. The van der Waals surface area contributed by atoms with Crippen LogP contribution in [0.3, 0.4) is 0 Å². The molecule has 0 aliphatic rings. The minimum Gasteiger partial charge on any atom is -0.467 e. The summed E-state index contributed by atoms with van der Waals surface area (Å²) in [5.41, 5.74) is 0.471. The molecule has 2 atom stereocenters. The Bertz CT molecular complexity index is 543. The van der Waals surface area contributed by atoms with Gasteiger partial charge in [-0.05, 0) is 31.4 Å². The van der Waals surface area contributed by atoms with Crippen molar-refractivity contribution in [3.63, 3.8) is 0 Å². The van der Waals surface area contributed by atoms with Crippen molar-refractivity contribution in [2.75, 3.05) is 7.11 Å². The van der Waals surface area contributed by atoms with Crippen LogP contribution in [0.1, 0.15) is 37.6 Å². The Morgan fingerprint density at radius 1 is 1.04 bits per heavy atom. The Balaban J connectivity index is 2.64. The maximum atomic E-state index is 12.2. The van der Waals surface area contributed by atoms with E-state index in [1.54, 1.807) is 37.3 Å². The van der Waals surface area contributed by atoms with Gasteiger partial charge < -0.3 is 15.4 Å². The number of hydrogen-bond donors (Lipinski definition) is 2. The van der Waals surface area contributed by atoms with Crippen molar-refractivity contribution in [2.24, 2.45) is 5.92 Å². The Morgan fingerprint density at radius 3 is 2.17 bits per heavy atom. The molecule has 23 heavy (non-hydrogen) atoms. The van der Waals surface area contributed by atoms with E-state index in [9.17, 15) is 14.4 Å². The van der Waals surface area contributed by atoms with Crippen LogP contribution in [-0.4, -0.2) is 37.0 Å². The molecule has 0 aromatic heterocycles. The van der Waals surface area contributed by atoms with Gasteiger partial charge in [0.25, 0.3) is 5.91 Å². The maximum Gasteiger partial charge on any atom is 0.328 e. The highest BCUT2D eigenvalue weighted by Gasteiger charge is 2.25. The second-order valence-corrected chi connectivity index (χ2v) is 5.78. The molecule has 0 radical (unpaired) electrons. The number of esters is 1. The van der Waals surface area contributed by atoms with Gasteiger partial charge in [0.15, 0.2) is 0 Å². The first-order valence-corrected chi connectivity index (χ1v) is 7.59. The minimum atomic E-state index is -0.762. The minimum absolute atomic E-state index is 0.216. The van der Waals surface area contributed by atoms with Crippen molar-refractivity contribution in [2.45, 2.75) is 39.3 Å². The topological polar surface area (TPSA) is 84.5 Å². The van der Waals surface area contributed by atoms with E-state index in [-0.39, 0.29) is 11.8 Å². The van der Waals surface area contributed by atoms with E-state index in [2.05, 4.69) is 10.6 Å². The zero-order valence-corrected chi connectivity index (χ0v) is 14.0. The van der Waals surface area contributed by atoms with Crippen LogP contribution in [0, 0.1) is 5.92 Å². The molecule has 126 valence electrons. The van der Waals surface area contributed by atoms with E-state index in [1.165, 1.54) is 7.11 Å². The SMILES string of the molecule is COC(=O)C(CC(C)C)NC(=O)C(C)NC(=O)c1ccccc1. The fourth-order valence-corrected chi connectivity index (χ4v) is 2.06. The predicted octanol–water partition coefficient (Wildman–Crippen LogP) is 1.51. The smallest absolute Gasteiger partial charge is 0.328 e. The molecule has 0 saturated heterocycles. The zero-order chi connectivity index (χ0) is 17.4. The molecule has 0 aliphatic carbocycles. The number of methoxy groups -OCH3 is 1. The average Bonchev–Trinajstić information content (AvgIpc) is 2.53. The lowest BCUT2D eigenvalue weighted by Crippen LogP contribution is -2.51. The van der Waals surface area contributed by atoms with E-state index in [1.807, 2.05) is 13.8 Å². The Labute approximate surface area is 136 Å². The molecule has 1 rings (SSSR count). The molecule has 2 N–H and O–H groups in total. The van der Waals surface area contributed by atoms with Gasteiger partial charge >= 0.3 is 5.97 Å². The molecule has 1 aromatic rings. The van der Waals surface area contributed by atoms with E-state index in [0.717, 1.165) is 0 Å². The molecule has 2 amide bonds. The van der Waals surface area contributed by atoms with Crippen molar-refractivity contribution in [3.05, 3.63) is 35.9 Å². The number of amides is 2. The van der Waals surface area contributed by atoms with E-state index in [4.69, 9.17) is 4.74 Å². The fraction of sp³-hybridized carbons (Fsp3) is 0.471.